The topological polar surface area (TPSA) is 100 Å². The second-order valence-corrected chi connectivity index (χ2v) is 6.83. The van der Waals surface area contributed by atoms with Crippen LogP contribution in [-0.2, 0) is 16.1 Å². The summed E-state index contributed by atoms with van der Waals surface area (Å²) >= 11 is 1.43. The van der Waals surface area contributed by atoms with Crippen LogP contribution in [0.3, 0.4) is 0 Å². The number of benzene rings is 1. The molecule has 2 N–H and O–H groups in total. The number of carbonyl (C=O) groups excluding carboxylic acids is 1. The minimum absolute atomic E-state index is 0. The van der Waals surface area contributed by atoms with E-state index in [1.807, 2.05) is 24.3 Å². The number of hydrogen-bond acceptors (Lipinski definition) is 5. The molecule has 3 aromatic heterocycles. The number of carbonyl (C=O) groups is 1. The quantitative estimate of drug-likeness (QED) is 0.321. The third kappa shape index (κ3) is 3.27. The van der Waals surface area contributed by atoms with Crippen LogP contribution in [0, 0.1) is 6.92 Å². The molecule has 4 aromatic rings. The average molecular weight is 394 g/mol. The Kier molecular flexibility index (Phi) is 5.38. The average Bonchev–Trinajstić information content (AvgIpc) is 3.19. The van der Waals surface area contributed by atoms with Gasteiger partial charge < -0.3 is 9.30 Å². The van der Waals surface area contributed by atoms with E-state index in [9.17, 15) is 14.4 Å². The molecule has 0 saturated carbocycles. The molecule has 0 aliphatic heterocycles. The summed E-state index contributed by atoms with van der Waals surface area (Å²) < 4.78 is 8.25. The molecule has 3 heterocycles. The van der Waals surface area contributed by atoms with Gasteiger partial charge in [-0.25, -0.2) is 14.9 Å². The SMILES string of the molecule is COC(=O)Cn1c(C)c2c(=O)n(-c3[nH+]c4ccccc4s3)[nH]c2cc1=O.[Na+]. The van der Waals surface area contributed by atoms with Crippen molar-refractivity contribution in [3.8, 4) is 5.13 Å². The van der Waals surface area contributed by atoms with Crippen LogP contribution in [-0.4, -0.2) is 27.4 Å². The number of pyridine rings is 1. The number of aromatic amines is 2. The monoisotopic (exact) mass is 394 g/mol. The number of nitrogens with zero attached hydrogens (tertiary/aromatic N) is 2. The van der Waals surface area contributed by atoms with Crippen molar-refractivity contribution in [2.24, 2.45) is 0 Å². The van der Waals surface area contributed by atoms with Crippen LogP contribution in [0.2, 0.25) is 0 Å². The molecule has 0 unspecified atom stereocenters. The van der Waals surface area contributed by atoms with Gasteiger partial charge in [0.2, 0.25) is 0 Å². The Morgan fingerprint density at radius 3 is 2.74 bits per heavy atom. The molecular weight excluding hydrogens is 379 g/mol. The van der Waals surface area contributed by atoms with E-state index in [2.05, 4.69) is 14.8 Å². The third-order valence-corrected chi connectivity index (χ3v) is 5.33. The molecule has 27 heavy (non-hydrogen) atoms. The molecule has 0 fully saturated rings. The van der Waals surface area contributed by atoms with Gasteiger partial charge in [-0.3, -0.25) is 9.59 Å². The Morgan fingerprint density at radius 2 is 2.04 bits per heavy atom. The molecule has 4 rings (SSSR count). The smallest absolute Gasteiger partial charge is 0.468 e. The van der Waals surface area contributed by atoms with E-state index in [0.29, 0.717) is 21.7 Å². The molecule has 8 nitrogen and oxygen atoms in total. The number of thiazole rings is 1. The van der Waals surface area contributed by atoms with Crippen LogP contribution in [0.4, 0.5) is 0 Å². The van der Waals surface area contributed by atoms with Crippen molar-refractivity contribution in [2.75, 3.05) is 7.11 Å². The molecular formula is C17H15N4NaO4S+2. The number of esters is 1. The molecule has 0 spiro atoms. The number of para-hydroxylation sites is 1. The maximum absolute atomic E-state index is 12.9. The van der Waals surface area contributed by atoms with Gasteiger partial charge in [-0.1, -0.05) is 16.8 Å². The number of nitrogens with one attached hydrogen (secondary N) is 2. The number of rotatable bonds is 3. The third-order valence-electron chi connectivity index (χ3n) is 4.27. The Labute approximate surface area is 178 Å². The maximum Gasteiger partial charge on any atom is 1.00 e. The summed E-state index contributed by atoms with van der Waals surface area (Å²) in [6.07, 6.45) is 0. The van der Waals surface area contributed by atoms with E-state index in [1.54, 1.807) is 6.92 Å². The molecule has 0 aliphatic carbocycles. The van der Waals surface area contributed by atoms with E-state index in [4.69, 9.17) is 0 Å². The summed E-state index contributed by atoms with van der Waals surface area (Å²) in [6, 6.07) is 9.03. The zero-order valence-corrected chi connectivity index (χ0v) is 17.8. The van der Waals surface area contributed by atoms with Gasteiger partial charge in [0, 0.05) is 11.8 Å². The minimum Gasteiger partial charge on any atom is -0.468 e. The molecule has 0 radical (unpaired) electrons. The molecule has 132 valence electrons. The summed E-state index contributed by atoms with van der Waals surface area (Å²) in [5.41, 5.74) is 1.08. The Hall–Kier alpha value is -2.20. The standard InChI is InChI=1S/C17H14N4O4S.Na/c1-9-15-11(7-13(22)20(9)8-14(23)25-2)19-21(16(15)24)17-18-10-5-3-4-6-12(10)26-17;/h3-7,19H,8H2,1-2H3;/q;+1/p+1. The normalized spacial score (nSPS) is 10.9. The molecule has 0 saturated heterocycles. The van der Waals surface area contributed by atoms with E-state index < -0.39 is 5.97 Å². The van der Waals surface area contributed by atoms with Crippen molar-refractivity contribution in [1.29, 1.82) is 0 Å². The van der Waals surface area contributed by atoms with Crippen molar-refractivity contribution in [2.45, 2.75) is 13.5 Å². The summed E-state index contributed by atoms with van der Waals surface area (Å²) in [4.78, 5) is 40.0. The fraction of sp³-hybridized carbons (Fsp3) is 0.176. The van der Waals surface area contributed by atoms with E-state index in [-0.39, 0.29) is 47.2 Å². The molecule has 1 aromatic carbocycles. The van der Waals surface area contributed by atoms with Crippen LogP contribution in [0.5, 0.6) is 0 Å². The minimum atomic E-state index is -0.553. The number of H-pyrrole nitrogens is 2. The molecule has 0 bridgehead atoms. The number of aromatic nitrogens is 4. The maximum atomic E-state index is 12.9. The van der Waals surface area contributed by atoms with Gasteiger partial charge >= 0.3 is 46.2 Å². The van der Waals surface area contributed by atoms with Gasteiger partial charge in [0.05, 0.1) is 17.3 Å². The predicted molar refractivity (Wildman–Crippen MR) is 96.8 cm³/mol. The van der Waals surface area contributed by atoms with E-state index in [1.165, 1.54) is 33.8 Å². The summed E-state index contributed by atoms with van der Waals surface area (Å²) in [5, 5.41) is 3.94. The Bertz CT molecular complexity index is 1250. The zero-order valence-electron chi connectivity index (χ0n) is 15.0. The Balaban J connectivity index is 0.00000210. The summed E-state index contributed by atoms with van der Waals surface area (Å²) in [5.74, 6) is -0.553. The van der Waals surface area contributed by atoms with Gasteiger partial charge in [0.1, 0.15) is 17.4 Å². The molecule has 0 aliphatic rings. The molecule has 0 amide bonds. The molecule has 10 heteroatoms. The van der Waals surface area contributed by atoms with Gasteiger partial charge in [0.15, 0.2) is 0 Å². The van der Waals surface area contributed by atoms with Gasteiger partial charge in [0.25, 0.3) is 5.56 Å². The van der Waals surface area contributed by atoms with Gasteiger partial charge in [-0.15, -0.1) is 0 Å². The summed E-state index contributed by atoms with van der Waals surface area (Å²) in [6.45, 7) is 1.40. The van der Waals surface area contributed by atoms with Gasteiger partial charge in [-0.2, -0.15) is 0 Å². The van der Waals surface area contributed by atoms with E-state index >= 15 is 0 Å². The van der Waals surface area contributed by atoms with Crippen molar-refractivity contribution in [3.63, 3.8) is 0 Å². The number of ether oxygens (including phenoxy) is 1. The fourth-order valence-electron chi connectivity index (χ4n) is 2.95. The van der Waals surface area contributed by atoms with Crippen molar-refractivity contribution in [1.82, 2.24) is 14.3 Å². The first kappa shape index (κ1) is 19.6. The van der Waals surface area contributed by atoms with Crippen molar-refractivity contribution in [3.05, 3.63) is 56.7 Å². The van der Waals surface area contributed by atoms with E-state index in [0.717, 1.165) is 10.2 Å². The molecule has 0 atom stereocenters. The second-order valence-electron chi connectivity index (χ2n) is 5.80. The van der Waals surface area contributed by atoms with Crippen LogP contribution < -0.4 is 45.7 Å². The summed E-state index contributed by atoms with van der Waals surface area (Å²) in [7, 11) is 1.25. The first-order valence-electron chi connectivity index (χ1n) is 7.83. The predicted octanol–water partition coefficient (Wildman–Crippen LogP) is -2.01. The van der Waals surface area contributed by atoms with Crippen LogP contribution >= 0.6 is 11.3 Å². The second kappa shape index (κ2) is 7.43. The van der Waals surface area contributed by atoms with Crippen LogP contribution in [0.25, 0.3) is 26.3 Å². The van der Waals surface area contributed by atoms with Crippen molar-refractivity contribution < 1.29 is 44.1 Å². The number of fused-ring (bicyclic) bond motifs is 2. The first-order valence-corrected chi connectivity index (χ1v) is 8.64. The Morgan fingerprint density at radius 1 is 1.30 bits per heavy atom. The fourth-order valence-corrected chi connectivity index (χ4v) is 3.91. The number of hydrogen-bond donors (Lipinski definition) is 1. The number of aryl methyl sites for hydroxylation is 1. The first-order chi connectivity index (χ1) is 12.5. The zero-order chi connectivity index (χ0) is 18.4. The van der Waals surface area contributed by atoms with Gasteiger partial charge in [-0.05, 0) is 30.4 Å². The largest absolute Gasteiger partial charge is 1.00 e. The van der Waals surface area contributed by atoms with Crippen LogP contribution in [0.15, 0.2) is 39.9 Å². The van der Waals surface area contributed by atoms with Crippen LogP contribution in [0.1, 0.15) is 5.69 Å². The number of methoxy groups -OCH3 is 1. The van der Waals surface area contributed by atoms with Crippen molar-refractivity contribution >= 4 is 38.4 Å².